The fraction of sp³-hybridized carbons (Fsp3) is 0.318. The Morgan fingerprint density at radius 3 is 2.79 bits per heavy atom. The van der Waals surface area contributed by atoms with Gasteiger partial charge in [0.1, 0.15) is 5.76 Å². The quantitative estimate of drug-likeness (QED) is 0.447. The maximum absolute atomic E-state index is 5.79. The van der Waals surface area contributed by atoms with Crippen molar-refractivity contribution in [1.29, 1.82) is 0 Å². The van der Waals surface area contributed by atoms with Gasteiger partial charge in [-0.3, -0.25) is 4.99 Å². The summed E-state index contributed by atoms with van der Waals surface area (Å²) in [5, 5.41) is 8.87. The molecule has 0 saturated carbocycles. The van der Waals surface area contributed by atoms with E-state index in [0.717, 1.165) is 54.7 Å². The molecule has 2 aromatic heterocycles. The van der Waals surface area contributed by atoms with Crippen LogP contribution in [0.4, 0.5) is 5.69 Å². The molecule has 4 rings (SSSR count). The first kappa shape index (κ1) is 19.4. The summed E-state index contributed by atoms with van der Waals surface area (Å²) in [7, 11) is 0. The van der Waals surface area contributed by atoms with Gasteiger partial charge in [0.05, 0.1) is 19.5 Å². The van der Waals surface area contributed by atoms with E-state index >= 15 is 0 Å². The number of nitrogens with one attached hydrogen (secondary N) is 2. The van der Waals surface area contributed by atoms with Crippen molar-refractivity contribution in [3.63, 3.8) is 0 Å². The number of anilines is 1. The van der Waals surface area contributed by atoms with Crippen LogP contribution in [0, 0.1) is 0 Å². The van der Waals surface area contributed by atoms with Gasteiger partial charge in [0.25, 0.3) is 0 Å². The van der Waals surface area contributed by atoms with Crippen LogP contribution in [0.5, 0.6) is 11.5 Å². The van der Waals surface area contributed by atoms with Gasteiger partial charge < -0.3 is 24.5 Å². The lowest BCUT2D eigenvalue weighted by molar-refractivity contribution is 0.297. The van der Waals surface area contributed by atoms with E-state index in [4.69, 9.17) is 18.9 Å². The summed E-state index contributed by atoms with van der Waals surface area (Å²) in [6.07, 6.45) is 4.30. The van der Waals surface area contributed by atoms with Crippen molar-refractivity contribution >= 4 is 23.0 Å². The molecule has 0 bridgehead atoms. The van der Waals surface area contributed by atoms with Crippen molar-refractivity contribution in [2.24, 2.45) is 4.99 Å². The number of hydrogen-bond acceptors (Lipinski definition) is 5. The van der Waals surface area contributed by atoms with Crippen LogP contribution in [0.25, 0.3) is 0 Å². The maximum atomic E-state index is 5.79. The van der Waals surface area contributed by atoms with Gasteiger partial charge in [0, 0.05) is 49.0 Å². The van der Waals surface area contributed by atoms with Gasteiger partial charge in [0.2, 0.25) is 0 Å². The number of aliphatic imine (C=N–C) groups is 1. The Hall–Kier alpha value is -2.93. The van der Waals surface area contributed by atoms with Gasteiger partial charge in [-0.05, 0) is 35.7 Å². The number of benzene rings is 1. The number of fused-ring (bicyclic) bond motifs is 1. The predicted octanol–water partition coefficient (Wildman–Crippen LogP) is 4.35. The topological polar surface area (TPSA) is 68.0 Å². The fourth-order valence-electron chi connectivity index (χ4n) is 3.01. The summed E-state index contributed by atoms with van der Waals surface area (Å²) in [4.78, 5) is 6.07. The second-order valence-corrected chi connectivity index (χ2v) is 7.69. The Bertz CT molecular complexity index is 908. The second-order valence-electron chi connectivity index (χ2n) is 6.65. The highest BCUT2D eigenvalue weighted by Gasteiger charge is 2.11. The highest BCUT2D eigenvalue weighted by molar-refractivity contribution is 7.09. The number of ether oxygens (including phenoxy) is 2. The van der Waals surface area contributed by atoms with Crippen molar-refractivity contribution in [2.45, 2.75) is 19.3 Å². The van der Waals surface area contributed by atoms with Crippen LogP contribution in [0.15, 0.2) is 63.5 Å². The Kier molecular flexibility index (Phi) is 6.70. The van der Waals surface area contributed by atoms with Crippen molar-refractivity contribution < 1.29 is 13.9 Å². The van der Waals surface area contributed by atoms with Crippen LogP contribution in [0.2, 0.25) is 0 Å². The molecule has 2 N–H and O–H groups in total. The molecular weight excluding hydrogens is 386 g/mol. The number of guanidine groups is 1. The molecule has 0 atom stereocenters. The molecule has 0 aliphatic carbocycles. The molecule has 1 aliphatic heterocycles. The number of furan rings is 1. The van der Waals surface area contributed by atoms with Crippen molar-refractivity contribution in [1.82, 2.24) is 5.32 Å². The van der Waals surface area contributed by atoms with Crippen molar-refractivity contribution in [3.8, 4) is 11.5 Å². The lowest BCUT2D eigenvalue weighted by Gasteiger charge is -2.14. The van der Waals surface area contributed by atoms with Gasteiger partial charge in [0.15, 0.2) is 17.5 Å². The number of hydrogen-bond donors (Lipinski definition) is 2. The molecule has 29 heavy (non-hydrogen) atoms. The molecule has 0 fully saturated rings. The maximum Gasteiger partial charge on any atom is 0.195 e. The van der Waals surface area contributed by atoms with Crippen LogP contribution in [0.3, 0.4) is 0 Å². The van der Waals surface area contributed by atoms with Gasteiger partial charge in [-0.15, -0.1) is 11.3 Å². The third kappa shape index (κ3) is 5.77. The summed E-state index contributed by atoms with van der Waals surface area (Å²) in [5.41, 5.74) is 0.912. The summed E-state index contributed by atoms with van der Waals surface area (Å²) >= 11 is 1.76. The summed E-state index contributed by atoms with van der Waals surface area (Å²) in [6.45, 7) is 2.78. The van der Waals surface area contributed by atoms with Crippen LogP contribution < -0.4 is 20.1 Å². The Balaban J connectivity index is 1.41. The summed E-state index contributed by atoms with van der Waals surface area (Å²) in [5.74, 6) is 3.24. The van der Waals surface area contributed by atoms with E-state index in [1.165, 1.54) is 4.88 Å². The minimum Gasteiger partial charge on any atom is -0.490 e. The molecule has 152 valence electrons. The van der Waals surface area contributed by atoms with Gasteiger partial charge in [-0.25, -0.2) is 0 Å². The Labute approximate surface area is 174 Å². The van der Waals surface area contributed by atoms with Crippen LogP contribution in [-0.2, 0) is 12.8 Å². The van der Waals surface area contributed by atoms with Gasteiger partial charge in [-0.1, -0.05) is 6.07 Å². The first-order valence-electron chi connectivity index (χ1n) is 9.86. The van der Waals surface area contributed by atoms with Gasteiger partial charge in [-0.2, -0.15) is 0 Å². The first-order valence-corrected chi connectivity index (χ1v) is 10.7. The highest BCUT2D eigenvalue weighted by Crippen LogP contribution is 2.32. The van der Waals surface area contributed by atoms with Crippen molar-refractivity contribution in [3.05, 3.63) is 64.7 Å². The minimum absolute atomic E-state index is 0.666. The molecule has 0 unspecified atom stereocenters. The molecule has 3 heterocycles. The van der Waals surface area contributed by atoms with E-state index in [2.05, 4.69) is 28.1 Å². The molecule has 1 aromatic carbocycles. The third-order valence-corrected chi connectivity index (χ3v) is 5.40. The molecule has 0 saturated heterocycles. The molecule has 0 radical (unpaired) electrons. The number of rotatable bonds is 7. The number of nitrogens with zero attached hydrogens (tertiary/aromatic N) is 1. The fourth-order valence-corrected chi connectivity index (χ4v) is 3.71. The standard InChI is InChI=1S/C22H25N3O3S/c1-4-18(26-12-1)8-10-23-22(24-11-9-19-5-2-15-29-19)25-17-6-7-20-21(16-17)28-14-3-13-27-20/h1-2,4-7,12,15-16H,3,8-11,13-14H2,(H2,23,24,25). The van der Waals surface area contributed by atoms with E-state index < -0.39 is 0 Å². The van der Waals surface area contributed by atoms with Crippen LogP contribution >= 0.6 is 11.3 Å². The average Bonchev–Trinajstić information content (AvgIpc) is 3.39. The van der Waals surface area contributed by atoms with E-state index in [9.17, 15) is 0 Å². The zero-order valence-corrected chi connectivity index (χ0v) is 17.0. The van der Waals surface area contributed by atoms with E-state index in [1.807, 2.05) is 30.3 Å². The van der Waals surface area contributed by atoms with E-state index in [-0.39, 0.29) is 0 Å². The zero-order valence-electron chi connectivity index (χ0n) is 16.2. The molecule has 3 aromatic rings. The normalized spacial score (nSPS) is 13.7. The molecule has 7 heteroatoms. The minimum atomic E-state index is 0.666. The summed E-state index contributed by atoms with van der Waals surface area (Å²) < 4.78 is 16.9. The molecule has 0 spiro atoms. The molecule has 0 amide bonds. The largest absolute Gasteiger partial charge is 0.490 e. The molecule has 1 aliphatic rings. The predicted molar refractivity (Wildman–Crippen MR) is 116 cm³/mol. The lowest BCUT2D eigenvalue weighted by atomic mass is 10.2. The highest BCUT2D eigenvalue weighted by atomic mass is 32.1. The lowest BCUT2D eigenvalue weighted by Crippen LogP contribution is -2.32. The second kappa shape index (κ2) is 10.0. The number of thiophene rings is 1. The van der Waals surface area contributed by atoms with Gasteiger partial charge >= 0.3 is 0 Å². The summed E-state index contributed by atoms with van der Waals surface area (Å²) in [6, 6.07) is 14.0. The van der Waals surface area contributed by atoms with E-state index in [1.54, 1.807) is 17.6 Å². The molecule has 6 nitrogen and oxygen atoms in total. The monoisotopic (exact) mass is 411 g/mol. The Morgan fingerprint density at radius 1 is 1.03 bits per heavy atom. The van der Waals surface area contributed by atoms with Crippen molar-refractivity contribution in [2.75, 3.05) is 31.6 Å². The SMILES string of the molecule is c1coc(CCNC(=NCCc2cccs2)Nc2ccc3c(c2)OCCCO3)c1. The van der Waals surface area contributed by atoms with Crippen LogP contribution in [0.1, 0.15) is 17.1 Å². The third-order valence-electron chi connectivity index (χ3n) is 4.46. The Morgan fingerprint density at radius 2 is 1.97 bits per heavy atom. The van der Waals surface area contributed by atoms with E-state index in [0.29, 0.717) is 19.8 Å². The molecular formula is C22H25N3O3S. The smallest absolute Gasteiger partial charge is 0.195 e. The van der Waals surface area contributed by atoms with Crippen LogP contribution in [-0.4, -0.2) is 32.3 Å². The first-order chi connectivity index (χ1) is 14.4. The average molecular weight is 412 g/mol. The zero-order chi connectivity index (χ0) is 19.7.